The molecule has 0 unspecified atom stereocenters. The molecule has 0 fully saturated rings. The van der Waals surface area contributed by atoms with Crippen molar-refractivity contribution >= 4 is 11.8 Å². The van der Waals surface area contributed by atoms with E-state index in [-0.39, 0.29) is 13.0 Å². The van der Waals surface area contributed by atoms with Crippen LogP contribution < -0.4 is 10.6 Å². The molecule has 0 aromatic carbocycles. The van der Waals surface area contributed by atoms with Crippen molar-refractivity contribution in [2.75, 3.05) is 25.0 Å². The number of hydrogen-bond acceptors (Lipinski definition) is 5. The molecule has 2 rings (SSSR count). The molecule has 0 aliphatic carbocycles. The molecular formula is C17H27N3O3. The molecular weight excluding hydrogens is 294 g/mol. The molecule has 4 N–H and O–H groups in total. The lowest BCUT2D eigenvalue weighted by Gasteiger charge is -2.19. The number of fused-ring (bicyclic) bond motifs is 1. The first-order valence-corrected chi connectivity index (χ1v) is 8.40. The number of hydrogen-bond donors (Lipinski definition) is 4. The predicted molar refractivity (Wildman–Crippen MR) is 89.7 cm³/mol. The van der Waals surface area contributed by atoms with Crippen molar-refractivity contribution in [1.82, 2.24) is 10.3 Å². The average molecular weight is 321 g/mol. The second-order valence-electron chi connectivity index (χ2n) is 6.30. The van der Waals surface area contributed by atoms with Crippen LogP contribution in [0.15, 0.2) is 12.1 Å². The Hall–Kier alpha value is -1.66. The van der Waals surface area contributed by atoms with E-state index < -0.39 is 12.0 Å². The van der Waals surface area contributed by atoms with E-state index in [4.69, 9.17) is 10.2 Å². The molecule has 1 aliphatic heterocycles. The second kappa shape index (κ2) is 8.84. The third-order valence-corrected chi connectivity index (χ3v) is 4.27. The van der Waals surface area contributed by atoms with Crippen molar-refractivity contribution < 1.29 is 15.0 Å². The maximum atomic E-state index is 11.0. The van der Waals surface area contributed by atoms with Gasteiger partial charge in [-0.1, -0.05) is 13.0 Å². The van der Waals surface area contributed by atoms with Crippen LogP contribution in [0.5, 0.6) is 0 Å². The number of nitrogens with one attached hydrogen (secondary N) is 2. The summed E-state index contributed by atoms with van der Waals surface area (Å²) in [7, 11) is 0. The zero-order valence-corrected chi connectivity index (χ0v) is 13.7. The topological polar surface area (TPSA) is 94.5 Å². The Balaban J connectivity index is 1.77. The van der Waals surface area contributed by atoms with Crippen LogP contribution in [0.3, 0.4) is 0 Å². The van der Waals surface area contributed by atoms with Crippen LogP contribution >= 0.6 is 0 Å². The van der Waals surface area contributed by atoms with Crippen LogP contribution in [0.4, 0.5) is 5.82 Å². The number of aryl methyl sites for hydroxylation is 2. The van der Waals surface area contributed by atoms with Gasteiger partial charge >= 0.3 is 5.97 Å². The first-order chi connectivity index (χ1) is 11.1. The zero-order chi connectivity index (χ0) is 16.7. The Bertz CT molecular complexity index is 522. The standard InChI is InChI=1S/C17H27N3O3/c1-12(11-19-15(8-10-21)17(22)23)4-6-14-7-5-13-3-2-9-18-16(13)20-14/h5,7,12,15,19,21H,2-4,6,8-11H2,1H3,(H,18,20)(H,22,23)/t12-,15-/m0/s1. The van der Waals surface area contributed by atoms with Crippen LogP contribution in [0, 0.1) is 5.92 Å². The summed E-state index contributed by atoms with van der Waals surface area (Å²) >= 11 is 0. The van der Waals surface area contributed by atoms with Gasteiger partial charge in [-0.15, -0.1) is 0 Å². The first-order valence-electron chi connectivity index (χ1n) is 8.40. The lowest BCUT2D eigenvalue weighted by Crippen LogP contribution is -2.39. The molecule has 1 aliphatic rings. The third-order valence-electron chi connectivity index (χ3n) is 4.27. The summed E-state index contributed by atoms with van der Waals surface area (Å²) in [6, 6.07) is 3.58. The highest BCUT2D eigenvalue weighted by Gasteiger charge is 2.17. The van der Waals surface area contributed by atoms with Crippen LogP contribution in [0.25, 0.3) is 0 Å². The van der Waals surface area contributed by atoms with E-state index >= 15 is 0 Å². The summed E-state index contributed by atoms with van der Waals surface area (Å²) < 4.78 is 0. The number of nitrogens with zero attached hydrogens (tertiary/aromatic N) is 1. The van der Waals surface area contributed by atoms with E-state index in [9.17, 15) is 4.79 Å². The van der Waals surface area contributed by atoms with Crippen LogP contribution in [-0.2, 0) is 17.6 Å². The average Bonchev–Trinajstić information content (AvgIpc) is 2.56. The van der Waals surface area contributed by atoms with Gasteiger partial charge in [-0.3, -0.25) is 4.79 Å². The fourth-order valence-corrected chi connectivity index (χ4v) is 2.79. The molecule has 2 heterocycles. The number of rotatable bonds is 9. The van der Waals surface area contributed by atoms with E-state index in [0.717, 1.165) is 43.7 Å². The van der Waals surface area contributed by atoms with Crippen molar-refractivity contribution in [2.24, 2.45) is 5.92 Å². The maximum Gasteiger partial charge on any atom is 0.320 e. The number of aromatic nitrogens is 1. The number of carboxylic acids is 1. The zero-order valence-electron chi connectivity index (χ0n) is 13.7. The molecule has 0 radical (unpaired) electrons. The minimum Gasteiger partial charge on any atom is -0.480 e. The Morgan fingerprint density at radius 2 is 2.26 bits per heavy atom. The molecule has 1 aromatic rings. The molecule has 23 heavy (non-hydrogen) atoms. The van der Waals surface area contributed by atoms with Gasteiger partial charge in [0.15, 0.2) is 0 Å². The van der Waals surface area contributed by atoms with Crippen LogP contribution in [0.2, 0.25) is 0 Å². The van der Waals surface area contributed by atoms with Gasteiger partial charge < -0.3 is 20.8 Å². The molecule has 0 amide bonds. The van der Waals surface area contributed by atoms with Crippen LogP contribution in [-0.4, -0.2) is 46.9 Å². The maximum absolute atomic E-state index is 11.0. The highest BCUT2D eigenvalue weighted by molar-refractivity contribution is 5.73. The fourth-order valence-electron chi connectivity index (χ4n) is 2.79. The minimum absolute atomic E-state index is 0.121. The van der Waals surface area contributed by atoms with Crippen LogP contribution in [0.1, 0.15) is 37.4 Å². The lowest BCUT2D eigenvalue weighted by atomic mass is 10.0. The van der Waals surface area contributed by atoms with Gasteiger partial charge in [-0.25, -0.2) is 4.98 Å². The third kappa shape index (κ3) is 5.48. The van der Waals surface area contributed by atoms with Crippen molar-refractivity contribution in [2.45, 2.75) is 45.1 Å². The summed E-state index contributed by atoms with van der Waals surface area (Å²) in [6.45, 7) is 3.59. The van der Waals surface area contributed by atoms with Crippen molar-refractivity contribution in [3.05, 3.63) is 23.4 Å². The van der Waals surface area contributed by atoms with Crippen molar-refractivity contribution in [1.29, 1.82) is 0 Å². The van der Waals surface area contributed by atoms with Gasteiger partial charge in [0.2, 0.25) is 0 Å². The fraction of sp³-hybridized carbons (Fsp3) is 0.647. The number of carboxylic acid groups (broad SMARTS) is 1. The molecule has 0 bridgehead atoms. The Morgan fingerprint density at radius 1 is 1.43 bits per heavy atom. The summed E-state index contributed by atoms with van der Waals surface area (Å²) in [5.74, 6) is 0.462. The van der Waals surface area contributed by atoms with E-state index in [1.54, 1.807) is 0 Å². The molecule has 0 saturated heterocycles. The number of aliphatic carboxylic acids is 1. The summed E-state index contributed by atoms with van der Waals surface area (Å²) in [5.41, 5.74) is 2.37. The second-order valence-corrected chi connectivity index (χ2v) is 6.30. The van der Waals surface area contributed by atoms with Crippen molar-refractivity contribution in [3.8, 4) is 0 Å². The van der Waals surface area contributed by atoms with Gasteiger partial charge in [0, 0.05) is 18.8 Å². The highest BCUT2D eigenvalue weighted by atomic mass is 16.4. The molecule has 6 heteroatoms. The summed E-state index contributed by atoms with van der Waals surface area (Å²) in [5, 5.41) is 24.3. The largest absolute Gasteiger partial charge is 0.480 e. The highest BCUT2D eigenvalue weighted by Crippen LogP contribution is 2.20. The van der Waals surface area contributed by atoms with Gasteiger partial charge in [-0.05, 0) is 56.2 Å². The number of aliphatic hydroxyl groups is 1. The smallest absolute Gasteiger partial charge is 0.320 e. The SMILES string of the molecule is C[C@@H](CCc1ccc2c(n1)NCCC2)CN[C@@H](CCO)C(=O)O. The summed E-state index contributed by atoms with van der Waals surface area (Å²) in [6.07, 6.45) is 4.33. The monoisotopic (exact) mass is 321 g/mol. The normalized spacial score (nSPS) is 16.3. The van der Waals surface area contributed by atoms with Gasteiger partial charge in [0.1, 0.15) is 11.9 Å². The molecule has 1 aromatic heterocycles. The van der Waals surface area contributed by atoms with E-state index in [1.807, 2.05) is 0 Å². The quantitative estimate of drug-likeness (QED) is 0.550. The van der Waals surface area contributed by atoms with Gasteiger partial charge in [-0.2, -0.15) is 0 Å². The number of pyridine rings is 1. The Labute approximate surface area is 137 Å². The predicted octanol–water partition coefficient (Wildman–Crippen LogP) is 1.43. The number of aliphatic hydroxyl groups excluding tert-OH is 1. The lowest BCUT2D eigenvalue weighted by molar-refractivity contribution is -0.139. The van der Waals surface area contributed by atoms with Crippen molar-refractivity contribution in [3.63, 3.8) is 0 Å². The molecule has 0 spiro atoms. The minimum atomic E-state index is -0.909. The number of anilines is 1. The van der Waals surface area contributed by atoms with Gasteiger partial charge in [0.25, 0.3) is 0 Å². The van der Waals surface area contributed by atoms with E-state index in [1.165, 1.54) is 5.56 Å². The van der Waals surface area contributed by atoms with E-state index in [2.05, 4.69) is 34.7 Å². The Morgan fingerprint density at radius 3 is 3.00 bits per heavy atom. The number of carbonyl (C=O) groups is 1. The van der Waals surface area contributed by atoms with E-state index in [0.29, 0.717) is 12.5 Å². The Kier molecular flexibility index (Phi) is 6.80. The molecule has 6 nitrogen and oxygen atoms in total. The molecule has 2 atom stereocenters. The molecule has 128 valence electrons. The first kappa shape index (κ1) is 17.7. The summed E-state index contributed by atoms with van der Waals surface area (Å²) in [4.78, 5) is 15.7. The van der Waals surface area contributed by atoms with Gasteiger partial charge in [0.05, 0.1) is 0 Å². The molecule has 0 saturated carbocycles.